The highest BCUT2D eigenvalue weighted by Gasteiger charge is 2.06. The lowest BCUT2D eigenvalue weighted by Crippen LogP contribution is -2.37. The molecular weight excluding hydrogens is 386 g/mol. The van der Waals surface area contributed by atoms with Gasteiger partial charge in [0.15, 0.2) is 0 Å². The Morgan fingerprint density at radius 3 is 2.43 bits per heavy atom. The van der Waals surface area contributed by atoms with Crippen LogP contribution in [0.1, 0.15) is 12.5 Å². The summed E-state index contributed by atoms with van der Waals surface area (Å²) in [4.78, 5) is 33.3. The molecule has 0 unspecified atom stereocenters. The van der Waals surface area contributed by atoms with Crippen molar-refractivity contribution < 1.29 is 24.4 Å². The summed E-state index contributed by atoms with van der Waals surface area (Å²) in [6.45, 7) is 1.37. The van der Waals surface area contributed by atoms with Crippen molar-refractivity contribution in [3.05, 3.63) is 64.2 Å². The maximum absolute atomic E-state index is 11.8. The van der Waals surface area contributed by atoms with Gasteiger partial charge in [-0.05, 0) is 48.9 Å². The number of ether oxygens (including phenoxy) is 1. The van der Waals surface area contributed by atoms with Crippen molar-refractivity contribution in [2.75, 3.05) is 5.75 Å². The smallest absolute Gasteiger partial charge is 0.269 e. The summed E-state index contributed by atoms with van der Waals surface area (Å²) in [6, 6.07) is 12.4. The molecule has 1 N–H and O–H groups in total. The second-order valence-electron chi connectivity index (χ2n) is 5.48. The fourth-order valence-electron chi connectivity index (χ4n) is 1.91. The number of hydrogen-bond acceptors (Lipinski definition) is 8. The molecule has 9 nitrogen and oxygen atoms in total. The number of benzene rings is 2. The predicted molar refractivity (Wildman–Crippen MR) is 101 cm³/mol. The van der Waals surface area contributed by atoms with E-state index in [-0.39, 0.29) is 17.3 Å². The summed E-state index contributed by atoms with van der Waals surface area (Å²) in [5.74, 6) is -1.16. The third kappa shape index (κ3) is 6.72. The Hall–Kier alpha value is -3.40. The van der Waals surface area contributed by atoms with Gasteiger partial charge in [-0.25, -0.2) is 5.43 Å². The number of carboxylic acid groups (broad SMARTS) is 1. The molecule has 0 bridgehead atoms. The molecule has 2 aromatic carbocycles. The van der Waals surface area contributed by atoms with Crippen molar-refractivity contribution in [3.63, 3.8) is 0 Å². The molecule has 0 aliphatic heterocycles. The fourth-order valence-corrected chi connectivity index (χ4v) is 2.60. The Morgan fingerprint density at radius 1 is 1.21 bits per heavy atom. The second-order valence-corrected chi connectivity index (χ2v) is 6.53. The Bertz CT molecular complexity index is 868. The van der Waals surface area contributed by atoms with E-state index in [0.717, 1.165) is 4.90 Å². The van der Waals surface area contributed by atoms with Crippen LogP contribution < -0.4 is 15.3 Å². The number of amides is 1. The molecule has 10 heteroatoms. The van der Waals surface area contributed by atoms with Gasteiger partial charge in [-0.1, -0.05) is 0 Å². The minimum Gasteiger partial charge on any atom is -0.546 e. The number of hydrogen-bond donors (Lipinski definition) is 1. The van der Waals surface area contributed by atoms with Crippen molar-refractivity contribution in [2.45, 2.75) is 17.9 Å². The highest BCUT2D eigenvalue weighted by atomic mass is 32.2. The van der Waals surface area contributed by atoms with Crippen LogP contribution in [-0.2, 0) is 9.59 Å². The topological polar surface area (TPSA) is 134 Å². The number of carbonyl (C=O) groups excluding carboxylic acids is 2. The van der Waals surface area contributed by atoms with E-state index in [1.165, 1.54) is 37.0 Å². The average molecular weight is 402 g/mol. The first-order valence-electron chi connectivity index (χ1n) is 8.02. The highest BCUT2D eigenvalue weighted by molar-refractivity contribution is 8.00. The van der Waals surface area contributed by atoms with Crippen LogP contribution in [0.2, 0.25) is 0 Å². The molecule has 0 saturated heterocycles. The van der Waals surface area contributed by atoms with Gasteiger partial charge >= 0.3 is 0 Å². The molecule has 0 aliphatic rings. The zero-order chi connectivity index (χ0) is 20.5. The number of rotatable bonds is 9. The lowest BCUT2D eigenvalue weighted by Gasteiger charge is -2.15. The molecule has 0 aromatic heterocycles. The SMILES string of the molecule is C[C@H](Oc1ccc(/C=N\NC(=O)CSc2ccc([N+](=O)[O-])cc2)cc1)C(=O)[O-]. The van der Waals surface area contributed by atoms with Gasteiger partial charge in [0.25, 0.3) is 5.69 Å². The molecule has 0 aliphatic carbocycles. The predicted octanol–water partition coefficient (Wildman–Crippen LogP) is 1.35. The molecule has 2 rings (SSSR count). The van der Waals surface area contributed by atoms with Crippen LogP contribution >= 0.6 is 11.8 Å². The zero-order valence-corrected chi connectivity index (χ0v) is 15.5. The Kier molecular flexibility index (Phi) is 7.52. The van der Waals surface area contributed by atoms with Crippen LogP contribution in [0.15, 0.2) is 58.5 Å². The maximum Gasteiger partial charge on any atom is 0.269 e. The summed E-state index contributed by atoms with van der Waals surface area (Å²) in [5, 5.41) is 25.1. The number of hydrazone groups is 1. The van der Waals surface area contributed by atoms with E-state index in [4.69, 9.17) is 4.74 Å². The molecule has 0 heterocycles. The van der Waals surface area contributed by atoms with Crippen molar-refractivity contribution in [1.82, 2.24) is 5.43 Å². The molecule has 0 saturated carbocycles. The van der Waals surface area contributed by atoms with Crippen LogP contribution in [-0.4, -0.2) is 34.9 Å². The van der Waals surface area contributed by atoms with Gasteiger partial charge in [0.2, 0.25) is 5.91 Å². The molecule has 1 amide bonds. The van der Waals surface area contributed by atoms with E-state index in [1.807, 2.05) is 0 Å². The van der Waals surface area contributed by atoms with Gasteiger partial charge < -0.3 is 14.6 Å². The number of nitro benzene ring substituents is 1. The van der Waals surface area contributed by atoms with Gasteiger partial charge in [0.1, 0.15) is 11.9 Å². The highest BCUT2D eigenvalue weighted by Crippen LogP contribution is 2.21. The molecule has 28 heavy (non-hydrogen) atoms. The molecule has 0 fully saturated rings. The van der Waals surface area contributed by atoms with E-state index in [0.29, 0.717) is 11.3 Å². The quantitative estimate of drug-likeness (QED) is 0.290. The van der Waals surface area contributed by atoms with Crippen molar-refractivity contribution in [3.8, 4) is 5.75 Å². The summed E-state index contributed by atoms with van der Waals surface area (Å²) in [5.41, 5.74) is 3.04. The summed E-state index contributed by atoms with van der Waals surface area (Å²) in [7, 11) is 0. The molecule has 0 radical (unpaired) electrons. The van der Waals surface area contributed by atoms with Crippen LogP contribution in [0.3, 0.4) is 0 Å². The number of nitro groups is 1. The number of nitrogens with one attached hydrogen (secondary N) is 1. The molecule has 0 spiro atoms. The van der Waals surface area contributed by atoms with Gasteiger partial charge in [-0.15, -0.1) is 11.8 Å². The summed E-state index contributed by atoms with van der Waals surface area (Å²) in [6.07, 6.45) is 0.368. The third-order valence-electron chi connectivity index (χ3n) is 3.35. The number of carbonyl (C=O) groups is 2. The van der Waals surface area contributed by atoms with Gasteiger partial charge in [0, 0.05) is 17.0 Å². The number of nitrogens with zero attached hydrogens (tertiary/aromatic N) is 2. The van der Waals surface area contributed by atoms with E-state index in [9.17, 15) is 24.8 Å². The van der Waals surface area contributed by atoms with Crippen LogP contribution in [0, 0.1) is 10.1 Å². The number of thioether (sulfide) groups is 1. The first-order valence-corrected chi connectivity index (χ1v) is 9.00. The summed E-state index contributed by atoms with van der Waals surface area (Å²) >= 11 is 1.23. The normalized spacial score (nSPS) is 11.8. The summed E-state index contributed by atoms with van der Waals surface area (Å²) < 4.78 is 5.15. The molecule has 146 valence electrons. The number of non-ortho nitro benzene ring substituents is 1. The van der Waals surface area contributed by atoms with Gasteiger partial charge in [-0.3, -0.25) is 14.9 Å². The van der Waals surface area contributed by atoms with E-state index >= 15 is 0 Å². The second kappa shape index (κ2) is 10.1. The van der Waals surface area contributed by atoms with Crippen LogP contribution in [0.5, 0.6) is 5.75 Å². The molecule has 1 atom stereocenters. The van der Waals surface area contributed by atoms with Crippen molar-refractivity contribution in [2.24, 2.45) is 5.10 Å². The standard InChI is InChI=1S/C18H17N3O6S/c1-12(18(23)24)27-15-6-2-13(3-7-15)10-19-20-17(22)11-28-16-8-4-14(5-9-16)21(25)26/h2-10,12H,11H2,1H3,(H,20,22)(H,23,24)/p-1/b19-10-/t12-/m0/s1. The molecular formula is C18H16N3O6S-. The minimum absolute atomic E-state index is 0.0103. The van der Waals surface area contributed by atoms with E-state index in [1.54, 1.807) is 36.4 Å². The Morgan fingerprint density at radius 2 is 1.86 bits per heavy atom. The lowest BCUT2D eigenvalue weighted by atomic mass is 10.2. The third-order valence-corrected chi connectivity index (χ3v) is 4.36. The first-order chi connectivity index (χ1) is 13.3. The zero-order valence-electron chi connectivity index (χ0n) is 14.7. The first kappa shape index (κ1) is 20.9. The minimum atomic E-state index is -1.31. The van der Waals surface area contributed by atoms with Crippen LogP contribution in [0.4, 0.5) is 5.69 Å². The Balaban J connectivity index is 1.78. The van der Waals surface area contributed by atoms with Gasteiger partial charge in [-0.2, -0.15) is 5.10 Å². The van der Waals surface area contributed by atoms with Crippen molar-refractivity contribution >= 4 is 35.5 Å². The largest absolute Gasteiger partial charge is 0.546 e. The van der Waals surface area contributed by atoms with Gasteiger partial charge in [0.05, 0.1) is 22.9 Å². The van der Waals surface area contributed by atoms with E-state index in [2.05, 4.69) is 10.5 Å². The maximum atomic E-state index is 11.8. The number of aliphatic carboxylic acids is 1. The molecule has 2 aromatic rings. The van der Waals surface area contributed by atoms with Crippen molar-refractivity contribution in [1.29, 1.82) is 0 Å². The van der Waals surface area contributed by atoms with E-state index < -0.39 is 17.0 Å². The Labute approximate surface area is 164 Å². The average Bonchev–Trinajstić information content (AvgIpc) is 2.68. The number of carboxylic acids is 1. The monoisotopic (exact) mass is 402 g/mol. The lowest BCUT2D eigenvalue weighted by molar-refractivity contribution is -0.384. The van der Waals surface area contributed by atoms with Crippen LogP contribution in [0.25, 0.3) is 0 Å². The fraction of sp³-hybridized carbons (Fsp3) is 0.167.